The SMILES string of the molecule is CCCCC(CC)CN(c1ccc(/C(=N\OC(C)=O)c2ccccc2OCC(F)(F)C(F)F)cc1C)c1c(C)cc(C(=O)c2c(C)cc(C)cc2C)c2ccccc12. The lowest BCUT2D eigenvalue weighted by Crippen LogP contribution is -2.34. The Hall–Kier alpha value is -5.51. The van der Waals surface area contributed by atoms with Gasteiger partial charge in [-0.3, -0.25) is 4.79 Å². The number of hydrogen-bond acceptors (Lipinski definition) is 6. The van der Waals surface area contributed by atoms with E-state index in [1.807, 2.05) is 83.1 Å². The minimum absolute atomic E-state index is 0.0240. The largest absolute Gasteiger partial charge is 0.486 e. The van der Waals surface area contributed by atoms with Crippen LogP contribution in [0.4, 0.5) is 28.9 Å². The van der Waals surface area contributed by atoms with Gasteiger partial charge in [-0.25, -0.2) is 13.6 Å². The summed E-state index contributed by atoms with van der Waals surface area (Å²) in [5, 5.41) is 5.88. The van der Waals surface area contributed by atoms with Crippen LogP contribution >= 0.6 is 0 Å². The highest BCUT2D eigenvalue weighted by molar-refractivity contribution is 6.20. The molecule has 0 saturated carbocycles. The number of halogens is 4. The molecular formula is C48H52F4N2O4. The Bertz CT molecular complexity index is 2300. The van der Waals surface area contributed by atoms with E-state index >= 15 is 0 Å². The van der Waals surface area contributed by atoms with Crippen LogP contribution in [0.3, 0.4) is 0 Å². The number of carbonyl (C=O) groups is 2. The second kappa shape index (κ2) is 18.8. The van der Waals surface area contributed by atoms with E-state index in [-0.39, 0.29) is 22.8 Å². The van der Waals surface area contributed by atoms with Crippen LogP contribution < -0.4 is 9.64 Å². The summed E-state index contributed by atoms with van der Waals surface area (Å²) in [4.78, 5) is 33.8. The number of fused-ring (bicyclic) bond motifs is 1. The van der Waals surface area contributed by atoms with Crippen LogP contribution in [0, 0.1) is 40.5 Å². The van der Waals surface area contributed by atoms with Gasteiger partial charge in [-0.15, -0.1) is 0 Å². The molecular weight excluding hydrogens is 745 g/mol. The van der Waals surface area contributed by atoms with Gasteiger partial charge in [0.25, 0.3) is 0 Å². The van der Waals surface area contributed by atoms with Crippen LogP contribution in [0.5, 0.6) is 5.75 Å². The third kappa shape index (κ3) is 9.77. The minimum Gasteiger partial charge on any atom is -0.486 e. The molecule has 5 rings (SSSR count). The summed E-state index contributed by atoms with van der Waals surface area (Å²) in [5.74, 6) is -4.92. The Labute approximate surface area is 338 Å². The first kappa shape index (κ1) is 43.6. The average Bonchev–Trinajstić information content (AvgIpc) is 3.17. The number of alkyl halides is 4. The van der Waals surface area contributed by atoms with E-state index in [1.54, 1.807) is 12.1 Å². The van der Waals surface area contributed by atoms with Gasteiger partial charge < -0.3 is 14.5 Å². The molecule has 306 valence electrons. The summed E-state index contributed by atoms with van der Waals surface area (Å²) in [6.45, 7) is 14.7. The van der Waals surface area contributed by atoms with Crippen LogP contribution in [-0.4, -0.2) is 43.0 Å². The molecule has 0 amide bonds. The Balaban J connectivity index is 1.67. The van der Waals surface area contributed by atoms with Crippen molar-refractivity contribution in [2.24, 2.45) is 11.1 Å². The standard InChI is InChI=1S/C48H52F4N2O4/c1-9-11-16-35(10-2)27-54(45-33(7)26-40(37-17-12-13-18-38(37)45)46(56)43-31(5)23-29(3)24-32(43)6)41-22-21-36(25-30(41)4)44(53-58-34(8)55)39-19-14-15-20-42(39)57-28-48(51,52)47(49)50/h12-15,17-26,35,47H,9-11,16,27-28H2,1-8H3/b53-44+. The molecule has 0 N–H and O–H groups in total. The minimum atomic E-state index is -4.39. The van der Waals surface area contributed by atoms with Gasteiger partial charge in [0.2, 0.25) is 0 Å². The third-order valence-electron chi connectivity index (χ3n) is 10.5. The smallest absolute Gasteiger partial charge is 0.340 e. The molecule has 0 radical (unpaired) electrons. The topological polar surface area (TPSA) is 68.2 Å². The molecule has 1 unspecified atom stereocenters. The van der Waals surface area contributed by atoms with Gasteiger partial charge in [-0.1, -0.05) is 98.4 Å². The van der Waals surface area contributed by atoms with E-state index in [9.17, 15) is 27.2 Å². The number of para-hydroxylation sites is 1. The quantitative estimate of drug-likeness (QED) is 0.0308. The van der Waals surface area contributed by atoms with Crippen LogP contribution in [0.25, 0.3) is 10.8 Å². The van der Waals surface area contributed by atoms with Crippen LogP contribution in [0.15, 0.2) is 90.1 Å². The average molecular weight is 797 g/mol. The van der Waals surface area contributed by atoms with Crippen molar-refractivity contribution in [3.8, 4) is 5.75 Å². The summed E-state index contributed by atoms with van der Waals surface area (Å²) < 4.78 is 59.2. The lowest BCUT2D eigenvalue weighted by Gasteiger charge is -2.33. The summed E-state index contributed by atoms with van der Waals surface area (Å²) in [6.07, 6.45) is 0.207. The molecule has 0 heterocycles. The maximum Gasteiger partial charge on any atom is 0.340 e. The summed E-state index contributed by atoms with van der Waals surface area (Å²) in [5.41, 5.74) is 8.68. The van der Waals surface area contributed by atoms with Crippen molar-refractivity contribution >= 4 is 39.6 Å². The normalized spacial score (nSPS) is 12.5. The molecule has 0 spiro atoms. The molecule has 5 aromatic carbocycles. The van der Waals surface area contributed by atoms with Gasteiger partial charge in [0.05, 0.1) is 5.69 Å². The van der Waals surface area contributed by atoms with E-state index < -0.39 is 24.9 Å². The molecule has 0 aliphatic heterocycles. The zero-order valence-electron chi connectivity index (χ0n) is 34.5. The lowest BCUT2D eigenvalue weighted by molar-refractivity contribution is -0.148. The van der Waals surface area contributed by atoms with E-state index in [2.05, 4.69) is 30.0 Å². The number of nitrogens with zero attached hydrogens (tertiary/aromatic N) is 2. The Morgan fingerprint density at radius 1 is 0.793 bits per heavy atom. The zero-order valence-corrected chi connectivity index (χ0v) is 34.5. The molecule has 58 heavy (non-hydrogen) atoms. The number of ether oxygens (including phenoxy) is 1. The van der Waals surface area contributed by atoms with Gasteiger partial charge in [0, 0.05) is 46.8 Å². The molecule has 0 bridgehead atoms. The first-order valence-corrected chi connectivity index (χ1v) is 19.7. The molecule has 0 fully saturated rings. The summed E-state index contributed by atoms with van der Waals surface area (Å²) >= 11 is 0. The highest BCUT2D eigenvalue weighted by Crippen LogP contribution is 2.41. The number of anilines is 2. The lowest BCUT2D eigenvalue weighted by atomic mass is 9.88. The predicted octanol–water partition coefficient (Wildman–Crippen LogP) is 12.6. The second-order valence-corrected chi connectivity index (χ2v) is 15.1. The second-order valence-electron chi connectivity index (χ2n) is 15.1. The highest BCUT2D eigenvalue weighted by Gasteiger charge is 2.42. The number of benzene rings is 5. The van der Waals surface area contributed by atoms with Gasteiger partial charge in [-0.2, -0.15) is 8.78 Å². The van der Waals surface area contributed by atoms with E-state index in [0.29, 0.717) is 29.2 Å². The highest BCUT2D eigenvalue weighted by atomic mass is 19.3. The molecule has 10 heteroatoms. The van der Waals surface area contributed by atoms with Crippen molar-refractivity contribution in [3.63, 3.8) is 0 Å². The van der Waals surface area contributed by atoms with Crippen molar-refractivity contribution in [1.82, 2.24) is 0 Å². The van der Waals surface area contributed by atoms with Crippen molar-refractivity contribution in [2.45, 2.75) is 93.4 Å². The van der Waals surface area contributed by atoms with Gasteiger partial charge in [0.1, 0.15) is 11.5 Å². The zero-order chi connectivity index (χ0) is 42.3. The maximum atomic E-state index is 14.4. The molecule has 0 aliphatic rings. The molecule has 0 aliphatic carbocycles. The molecule has 0 saturated heterocycles. The first-order chi connectivity index (χ1) is 27.6. The summed E-state index contributed by atoms with van der Waals surface area (Å²) in [7, 11) is 0. The van der Waals surface area contributed by atoms with Gasteiger partial charge in [-0.05, 0) is 105 Å². The Kier molecular flexibility index (Phi) is 14.2. The van der Waals surface area contributed by atoms with Crippen molar-refractivity contribution in [2.75, 3.05) is 18.1 Å². The molecule has 1 atom stereocenters. The fraction of sp³-hybridized carbons (Fsp3) is 0.354. The van der Waals surface area contributed by atoms with E-state index in [0.717, 1.165) is 75.6 Å². The Morgan fingerprint density at radius 2 is 1.45 bits per heavy atom. The van der Waals surface area contributed by atoms with E-state index in [4.69, 9.17) is 9.57 Å². The number of aryl methyl sites for hydroxylation is 5. The molecule has 5 aromatic rings. The number of carbonyl (C=O) groups excluding carboxylic acids is 2. The van der Waals surface area contributed by atoms with Crippen LogP contribution in [-0.2, 0) is 9.63 Å². The fourth-order valence-electron chi connectivity index (χ4n) is 7.70. The number of hydrogen-bond donors (Lipinski definition) is 0. The maximum absolute atomic E-state index is 14.4. The number of unbranched alkanes of at least 4 members (excludes halogenated alkanes) is 1. The first-order valence-electron chi connectivity index (χ1n) is 19.7. The number of rotatable bonds is 17. The monoisotopic (exact) mass is 796 g/mol. The van der Waals surface area contributed by atoms with Crippen molar-refractivity contribution in [1.29, 1.82) is 0 Å². The molecule has 0 aromatic heterocycles. The third-order valence-corrected chi connectivity index (χ3v) is 10.5. The van der Waals surface area contributed by atoms with Gasteiger partial charge in [0.15, 0.2) is 12.4 Å². The summed E-state index contributed by atoms with van der Waals surface area (Å²) in [6, 6.07) is 25.7. The number of ketones is 1. The van der Waals surface area contributed by atoms with Gasteiger partial charge >= 0.3 is 18.3 Å². The van der Waals surface area contributed by atoms with Crippen molar-refractivity contribution in [3.05, 3.63) is 135 Å². The molecule has 6 nitrogen and oxygen atoms in total. The fourth-order valence-corrected chi connectivity index (χ4v) is 7.70. The Morgan fingerprint density at radius 3 is 2.07 bits per heavy atom. The predicted molar refractivity (Wildman–Crippen MR) is 225 cm³/mol. The van der Waals surface area contributed by atoms with Crippen molar-refractivity contribution < 1.29 is 36.7 Å². The van der Waals surface area contributed by atoms with Crippen LogP contribution in [0.1, 0.15) is 101 Å². The van der Waals surface area contributed by atoms with Crippen LogP contribution in [0.2, 0.25) is 0 Å². The number of oxime groups is 1. The van der Waals surface area contributed by atoms with E-state index in [1.165, 1.54) is 25.1 Å².